The Morgan fingerprint density at radius 1 is 1.22 bits per heavy atom. The van der Waals surface area contributed by atoms with Crippen molar-refractivity contribution in [2.24, 2.45) is 11.8 Å². The average molecular weight is 316 g/mol. The maximum Gasteiger partial charge on any atom is 0.319 e. The third-order valence-electron chi connectivity index (χ3n) is 4.99. The van der Waals surface area contributed by atoms with Gasteiger partial charge in [-0.25, -0.2) is 0 Å². The molecule has 126 valence electrons. The van der Waals surface area contributed by atoms with Crippen LogP contribution in [0.2, 0.25) is 0 Å². The molecular formula is C19H28N2O2. The Bertz CT molecular complexity index is 501. The van der Waals surface area contributed by atoms with Crippen molar-refractivity contribution in [3.63, 3.8) is 0 Å². The Morgan fingerprint density at radius 2 is 2.00 bits per heavy atom. The molecule has 1 heterocycles. The van der Waals surface area contributed by atoms with E-state index in [0.717, 1.165) is 25.6 Å². The van der Waals surface area contributed by atoms with Crippen molar-refractivity contribution in [3.8, 4) is 0 Å². The van der Waals surface area contributed by atoms with Gasteiger partial charge in [0, 0.05) is 25.7 Å². The van der Waals surface area contributed by atoms with Crippen LogP contribution < -0.4 is 5.32 Å². The van der Waals surface area contributed by atoms with Gasteiger partial charge in [-0.15, -0.1) is 0 Å². The van der Waals surface area contributed by atoms with Crippen molar-refractivity contribution in [2.45, 2.75) is 38.3 Å². The van der Waals surface area contributed by atoms with Crippen LogP contribution in [-0.4, -0.2) is 43.7 Å². The van der Waals surface area contributed by atoms with Crippen LogP contribution in [0.1, 0.15) is 31.2 Å². The fourth-order valence-electron chi connectivity index (χ4n) is 3.68. The highest BCUT2D eigenvalue weighted by atomic mass is 16.5. The lowest BCUT2D eigenvalue weighted by molar-refractivity contribution is -0.142. The molecule has 1 aromatic carbocycles. The highest BCUT2D eigenvalue weighted by Crippen LogP contribution is 2.37. The summed E-state index contributed by atoms with van der Waals surface area (Å²) in [5.74, 6) is 1.51. The number of hydrogen-bond donors (Lipinski definition) is 1. The number of carbonyl (C=O) groups is 1. The molecule has 0 radical (unpaired) electrons. The van der Waals surface area contributed by atoms with E-state index in [1.165, 1.54) is 38.4 Å². The van der Waals surface area contributed by atoms with Crippen LogP contribution in [-0.2, 0) is 16.1 Å². The number of nitrogens with one attached hydrogen (secondary N) is 1. The summed E-state index contributed by atoms with van der Waals surface area (Å²) in [6, 6.07) is 11.0. The first-order chi connectivity index (χ1) is 11.2. The Kier molecular flexibility index (Phi) is 5.68. The fraction of sp³-hybridized carbons (Fsp3) is 0.632. The molecule has 1 N–H and O–H groups in total. The minimum Gasteiger partial charge on any atom is -0.468 e. The molecule has 2 unspecified atom stereocenters. The van der Waals surface area contributed by atoms with E-state index >= 15 is 0 Å². The molecule has 4 nitrogen and oxygen atoms in total. The maximum atomic E-state index is 11.6. The van der Waals surface area contributed by atoms with Gasteiger partial charge in [0.2, 0.25) is 0 Å². The molecule has 2 aliphatic rings. The van der Waals surface area contributed by atoms with Gasteiger partial charge >= 0.3 is 5.97 Å². The van der Waals surface area contributed by atoms with E-state index in [1.54, 1.807) is 0 Å². The third kappa shape index (κ3) is 5.33. The van der Waals surface area contributed by atoms with Crippen LogP contribution in [0.15, 0.2) is 30.3 Å². The summed E-state index contributed by atoms with van der Waals surface area (Å²) in [6.45, 7) is 3.28. The lowest BCUT2D eigenvalue weighted by atomic mass is 9.89. The summed E-state index contributed by atoms with van der Waals surface area (Å²) < 4.78 is 4.85. The normalized spacial score (nSPS) is 25.3. The van der Waals surface area contributed by atoms with Crippen molar-refractivity contribution in [1.29, 1.82) is 0 Å². The highest BCUT2D eigenvalue weighted by molar-refractivity contribution is 5.71. The van der Waals surface area contributed by atoms with E-state index in [1.807, 2.05) is 6.07 Å². The first kappa shape index (κ1) is 16.5. The summed E-state index contributed by atoms with van der Waals surface area (Å²) in [6.07, 6.45) is 5.34. The molecule has 0 spiro atoms. The molecule has 2 atom stereocenters. The zero-order chi connectivity index (χ0) is 16.1. The van der Waals surface area contributed by atoms with E-state index in [2.05, 4.69) is 34.5 Å². The average Bonchev–Trinajstić information content (AvgIpc) is 3.37. The number of nitrogens with zero attached hydrogens (tertiary/aromatic N) is 1. The first-order valence-electron chi connectivity index (χ1n) is 8.79. The zero-order valence-corrected chi connectivity index (χ0v) is 14.0. The summed E-state index contributed by atoms with van der Waals surface area (Å²) in [5, 5.41) is 3.69. The van der Waals surface area contributed by atoms with Crippen molar-refractivity contribution in [2.75, 3.05) is 26.7 Å². The molecule has 2 fully saturated rings. The van der Waals surface area contributed by atoms with Gasteiger partial charge in [-0.1, -0.05) is 43.2 Å². The molecule has 1 saturated heterocycles. The van der Waals surface area contributed by atoms with E-state index in [-0.39, 0.29) is 5.97 Å². The quantitative estimate of drug-likeness (QED) is 0.785. The van der Waals surface area contributed by atoms with E-state index in [9.17, 15) is 4.79 Å². The van der Waals surface area contributed by atoms with E-state index in [0.29, 0.717) is 18.5 Å². The lowest BCUT2D eigenvalue weighted by Gasteiger charge is -2.38. The molecule has 1 saturated carbocycles. The van der Waals surface area contributed by atoms with Crippen molar-refractivity contribution >= 4 is 5.97 Å². The molecule has 23 heavy (non-hydrogen) atoms. The number of methoxy groups -OCH3 is 1. The lowest BCUT2D eigenvalue weighted by Crippen LogP contribution is -2.50. The number of carbonyl (C=O) groups excluding carboxylic acids is 1. The van der Waals surface area contributed by atoms with Gasteiger partial charge in [0.1, 0.15) is 0 Å². The maximum absolute atomic E-state index is 11.6. The number of likely N-dealkylation sites (tertiary alicyclic amines) is 1. The topological polar surface area (TPSA) is 41.6 Å². The van der Waals surface area contributed by atoms with Gasteiger partial charge in [0.05, 0.1) is 13.7 Å². The summed E-state index contributed by atoms with van der Waals surface area (Å²) in [4.78, 5) is 13.9. The van der Waals surface area contributed by atoms with Crippen LogP contribution in [0.3, 0.4) is 0 Å². The molecule has 0 aromatic heterocycles. The van der Waals surface area contributed by atoms with Gasteiger partial charge < -0.3 is 10.1 Å². The summed E-state index contributed by atoms with van der Waals surface area (Å²) >= 11 is 0. The number of benzene rings is 1. The van der Waals surface area contributed by atoms with Crippen molar-refractivity contribution < 1.29 is 9.53 Å². The molecule has 1 aliphatic heterocycles. The Hall–Kier alpha value is -1.39. The van der Waals surface area contributed by atoms with Crippen molar-refractivity contribution in [3.05, 3.63) is 35.9 Å². The second kappa shape index (κ2) is 7.93. The predicted molar refractivity (Wildman–Crippen MR) is 91.0 cm³/mol. The van der Waals surface area contributed by atoms with Gasteiger partial charge in [-0.3, -0.25) is 9.69 Å². The Labute approximate surface area is 139 Å². The van der Waals surface area contributed by atoms with Crippen LogP contribution in [0.25, 0.3) is 0 Å². The fourth-order valence-corrected chi connectivity index (χ4v) is 3.68. The molecule has 1 aromatic rings. The Morgan fingerprint density at radius 3 is 2.70 bits per heavy atom. The number of rotatable bonds is 7. The molecule has 0 amide bonds. The van der Waals surface area contributed by atoms with Crippen LogP contribution in [0.4, 0.5) is 0 Å². The van der Waals surface area contributed by atoms with Crippen LogP contribution >= 0.6 is 0 Å². The second-order valence-corrected chi connectivity index (χ2v) is 7.11. The zero-order valence-electron chi connectivity index (χ0n) is 14.0. The molecule has 1 aliphatic carbocycles. The van der Waals surface area contributed by atoms with E-state index < -0.39 is 0 Å². The molecule has 0 bridgehead atoms. The number of ether oxygens (including phenoxy) is 1. The highest BCUT2D eigenvalue weighted by Gasteiger charge is 2.32. The predicted octanol–water partition coefficient (Wildman–Crippen LogP) is 2.44. The Balaban J connectivity index is 1.54. The second-order valence-electron chi connectivity index (χ2n) is 7.11. The minimum atomic E-state index is -0.126. The van der Waals surface area contributed by atoms with Gasteiger partial charge in [-0.2, -0.15) is 0 Å². The number of piperidine rings is 1. The van der Waals surface area contributed by atoms with Crippen LogP contribution in [0, 0.1) is 11.8 Å². The molecular weight excluding hydrogens is 288 g/mol. The van der Waals surface area contributed by atoms with Gasteiger partial charge in [0.15, 0.2) is 0 Å². The van der Waals surface area contributed by atoms with E-state index in [4.69, 9.17) is 4.74 Å². The number of esters is 1. The monoisotopic (exact) mass is 316 g/mol. The third-order valence-corrected chi connectivity index (χ3v) is 4.99. The number of hydrogen-bond acceptors (Lipinski definition) is 4. The van der Waals surface area contributed by atoms with Gasteiger partial charge in [0.25, 0.3) is 0 Å². The summed E-state index contributed by atoms with van der Waals surface area (Å²) in [7, 11) is 1.47. The van der Waals surface area contributed by atoms with Gasteiger partial charge in [-0.05, 0) is 30.2 Å². The minimum absolute atomic E-state index is 0.126. The summed E-state index contributed by atoms with van der Waals surface area (Å²) in [5.41, 5.74) is 1.32. The van der Waals surface area contributed by atoms with Crippen molar-refractivity contribution in [1.82, 2.24) is 10.2 Å². The largest absolute Gasteiger partial charge is 0.468 e. The van der Waals surface area contributed by atoms with Crippen LogP contribution in [0.5, 0.6) is 0 Å². The first-order valence-corrected chi connectivity index (χ1v) is 8.79. The smallest absolute Gasteiger partial charge is 0.319 e. The molecule has 4 heteroatoms. The standard InChI is InChI=1S/C19H28N2O2/c1-23-19(22)14-21-12-17(9-15-7-8-15)10-18(13-21)20-11-16-5-3-2-4-6-16/h2-6,15,17-18,20H,7-14H2,1H3. The SMILES string of the molecule is COC(=O)CN1CC(CC2CC2)CC(NCc2ccccc2)C1. The molecule has 3 rings (SSSR count).